The summed E-state index contributed by atoms with van der Waals surface area (Å²) in [6.07, 6.45) is 11.3. The first-order valence-electron chi connectivity index (χ1n) is 9.39. The van der Waals surface area contributed by atoms with Gasteiger partial charge in [-0.1, -0.05) is 36.8 Å². The summed E-state index contributed by atoms with van der Waals surface area (Å²) in [6, 6.07) is 9.18. The van der Waals surface area contributed by atoms with Gasteiger partial charge in [-0.05, 0) is 81.6 Å². The highest BCUT2D eigenvalue weighted by atomic mass is 16.5. The molecule has 1 nitrogen and oxygen atoms in total. The molecule has 0 aromatic heterocycles. The second-order valence-corrected chi connectivity index (χ2v) is 7.84. The van der Waals surface area contributed by atoms with Gasteiger partial charge in [0.25, 0.3) is 0 Å². The van der Waals surface area contributed by atoms with Crippen LogP contribution >= 0.6 is 0 Å². The van der Waals surface area contributed by atoms with Gasteiger partial charge in [0.15, 0.2) is 0 Å². The summed E-state index contributed by atoms with van der Waals surface area (Å²) in [4.78, 5) is 0. The molecule has 2 aliphatic rings. The molecule has 0 amide bonds. The molecule has 0 radical (unpaired) electrons. The fourth-order valence-corrected chi connectivity index (χ4v) is 4.17. The quantitative estimate of drug-likeness (QED) is 0.676. The van der Waals surface area contributed by atoms with Crippen molar-refractivity contribution in [3.8, 4) is 0 Å². The van der Waals surface area contributed by atoms with Crippen LogP contribution in [0.5, 0.6) is 0 Å². The highest BCUT2D eigenvalue weighted by Gasteiger charge is 2.24. The molecule has 2 saturated carbocycles. The number of hydrogen-bond acceptors (Lipinski definition) is 1. The highest BCUT2D eigenvalue weighted by Crippen LogP contribution is 2.36. The molecule has 2 aliphatic carbocycles. The SMILES string of the molecule is Cc1ccc(C2CCC(COC3CCC(C)CC3)CC2)cc1. The van der Waals surface area contributed by atoms with Crippen LogP contribution in [0.1, 0.15) is 75.3 Å². The van der Waals surface area contributed by atoms with Gasteiger partial charge in [0.2, 0.25) is 0 Å². The summed E-state index contributed by atoms with van der Waals surface area (Å²) < 4.78 is 6.23. The second-order valence-electron chi connectivity index (χ2n) is 7.84. The lowest BCUT2D eigenvalue weighted by Gasteiger charge is -2.31. The molecule has 1 heteroatoms. The van der Waals surface area contributed by atoms with E-state index in [2.05, 4.69) is 38.1 Å². The Morgan fingerprint density at radius 1 is 0.864 bits per heavy atom. The summed E-state index contributed by atoms with van der Waals surface area (Å²) >= 11 is 0. The van der Waals surface area contributed by atoms with E-state index in [0.717, 1.165) is 24.4 Å². The molecule has 0 heterocycles. The third kappa shape index (κ3) is 4.35. The Balaban J connectivity index is 1.39. The van der Waals surface area contributed by atoms with E-state index in [0.29, 0.717) is 6.10 Å². The van der Waals surface area contributed by atoms with Gasteiger partial charge in [-0.15, -0.1) is 0 Å². The van der Waals surface area contributed by atoms with E-state index in [1.807, 2.05) is 0 Å². The monoisotopic (exact) mass is 300 g/mol. The van der Waals surface area contributed by atoms with Crippen LogP contribution in [-0.4, -0.2) is 12.7 Å². The minimum Gasteiger partial charge on any atom is -0.378 e. The van der Waals surface area contributed by atoms with Crippen molar-refractivity contribution < 1.29 is 4.74 Å². The maximum absolute atomic E-state index is 6.23. The van der Waals surface area contributed by atoms with Crippen molar-refractivity contribution in [2.45, 2.75) is 77.2 Å². The lowest BCUT2D eigenvalue weighted by atomic mass is 9.79. The van der Waals surface area contributed by atoms with Crippen molar-refractivity contribution in [2.24, 2.45) is 11.8 Å². The molecular weight excluding hydrogens is 268 g/mol. The van der Waals surface area contributed by atoms with E-state index in [1.165, 1.54) is 56.9 Å². The van der Waals surface area contributed by atoms with Crippen LogP contribution in [0.3, 0.4) is 0 Å². The van der Waals surface area contributed by atoms with E-state index < -0.39 is 0 Å². The lowest BCUT2D eigenvalue weighted by Crippen LogP contribution is -2.25. The van der Waals surface area contributed by atoms with Gasteiger partial charge in [-0.2, -0.15) is 0 Å². The van der Waals surface area contributed by atoms with Crippen LogP contribution in [0.15, 0.2) is 24.3 Å². The van der Waals surface area contributed by atoms with Crippen molar-refractivity contribution in [1.82, 2.24) is 0 Å². The van der Waals surface area contributed by atoms with E-state index in [9.17, 15) is 0 Å². The Bertz CT molecular complexity index is 433. The molecule has 1 aromatic carbocycles. The largest absolute Gasteiger partial charge is 0.378 e. The summed E-state index contributed by atoms with van der Waals surface area (Å²) in [5.41, 5.74) is 2.92. The topological polar surface area (TPSA) is 9.23 Å². The second kappa shape index (κ2) is 7.64. The van der Waals surface area contributed by atoms with Gasteiger partial charge in [-0.25, -0.2) is 0 Å². The fourth-order valence-electron chi connectivity index (χ4n) is 4.17. The van der Waals surface area contributed by atoms with Crippen LogP contribution in [0, 0.1) is 18.8 Å². The first-order valence-corrected chi connectivity index (χ1v) is 9.39. The number of ether oxygens (including phenoxy) is 1. The number of benzene rings is 1. The predicted octanol–water partition coefficient (Wildman–Crippen LogP) is 5.86. The van der Waals surface area contributed by atoms with E-state index >= 15 is 0 Å². The minimum atomic E-state index is 0.561. The summed E-state index contributed by atoms with van der Waals surface area (Å²) in [6.45, 7) is 5.56. The van der Waals surface area contributed by atoms with Crippen LogP contribution in [-0.2, 0) is 4.74 Å². The molecule has 122 valence electrons. The maximum atomic E-state index is 6.23. The van der Waals surface area contributed by atoms with Gasteiger partial charge in [0.1, 0.15) is 0 Å². The standard InChI is InChI=1S/C21H32O/c1-16-3-9-19(10-4-16)20-11-7-18(8-12-20)15-22-21-13-5-17(2)6-14-21/h3-4,9-10,17-18,20-21H,5-8,11-15H2,1-2H3. The molecular formula is C21H32O. The van der Waals surface area contributed by atoms with Crippen molar-refractivity contribution >= 4 is 0 Å². The Hall–Kier alpha value is -0.820. The lowest BCUT2D eigenvalue weighted by molar-refractivity contribution is -0.00640. The van der Waals surface area contributed by atoms with Crippen molar-refractivity contribution in [3.63, 3.8) is 0 Å². The molecule has 0 bridgehead atoms. The predicted molar refractivity (Wildman–Crippen MR) is 93.3 cm³/mol. The van der Waals surface area contributed by atoms with Gasteiger partial charge < -0.3 is 4.74 Å². The molecule has 3 rings (SSSR count). The molecule has 0 spiro atoms. The van der Waals surface area contributed by atoms with E-state index in [1.54, 1.807) is 5.56 Å². The highest BCUT2D eigenvalue weighted by molar-refractivity contribution is 5.24. The normalized spacial score (nSPS) is 32.8. The van der Waals surface area contributed by atoms with E-state index in [4.69, 9.17) is 4.74 Å². The fraction of sp³-hybridized carbons (Fsp3) is 0.714. The molecule has 0 atom stereocenters. The maximum Gasteiger partial charge on any atom is 0.0575 e. The zero-order chi connectivity index (χ0) is 15.4. The van der Waals surface area contributed by atoms with Gasteiger partial charge in [-0.3, -0.25) is 0 Å². The number of rotatable bonds is 4. The third-order valence-corrected chi connectivity index (χ3v) is 5.93. The van der Waals surface area contributed by atoms with Crippen molar-refractivity contribution in [2.75, 3.05) is 6.61 Å². The number of hydrogen-bond donors (Lipinski definition) is 0. The van der Waals surface area contributed by atoms with Crippen molar-refractivity contribution in [1.29, 1.82) is 0 Å². The molecule has 22 heavy (non-hydrogen) atoms. The molecule has 0 N–H and O–H groups in total. The van der Waals surface area contributed by atoms with Gasteiger partial charge in [0, 0.05) is 6.61 Å². The molecule has 0 aliphatic heterocycles. The first-order chi connectivity index (χ1) is 10.7. The summed E-state index contributed by atoms with van der Waals surface area (Å²) in [5, 5.41) is 0. The average molecular weight is 300 g/mol. The van der Waals surface area contributed by atoms with Gasteiger partial charge in [0.05, 0.1) is 6.10 Å². The average Bonchev–Trinajstić information content (AvgIpc) is 2.56. The number of aryl methyl sites for hydroxylation is 1. The third-order valence-electron chi connectivity index (χ3n) is 5.93. The smallest absolute Gasteiger partial charge is 0.0575 e. The zero-order valence-electron chi connectivity index (χ0n) is 14.4. The summed E-state index contributed by atoms with van der Waals surface area (Å²) in [7, 11) is 0. The van der Waals surface area contributed by atoms with Crippen LogP contribution in [0.2, 0.25) is 0 Å². The first kappa shape index (κ1) is 16.1. The Kier molecular flexibility index (Phi) is 5.57. The van der Waals surface area contributed by atoms with Crippen LogP contribution in [0.25, 0.3) is 0 Å². The Morgan fingerprint density at radius 3 is 2.14 bits per heavy atom. The minimum absolute atomic E-state index is 0.561. The summed E-state index contributed by atoms with van der Waals surface area (Å²) in [5.74, 6) is 2.51. The zero-order valence-corrected chi connectivity index (χ0v) is 14.4. The van der Waals surface area contributed by atoms with E-state index in [-0.39, 0.29) is 0 Å². The van der Waals surface area contributed by atoms with Crippen LogP contribution in [0.4, 0.5) is 0 Å². The molecule has 2 fully saturated rings. The van der Waals surface area contributed by atoms with Gasteiger partial charge >= 0.3 is 0 Å². The van der Waals surface area contributed by atoms with Crippen LogP contribution < -0.4 is 0 Å². The molecule has 1 aromatic rings. The Labute approximate surface area is 136 Å². The molecule has 0 unspecified atom stereocenters. The molecule has 0 saturated heterocycles. The van der Waals surface area contributed by atoms with Crippen molar-refractivity contribution in [3.05, 3.63) is 35.4 Å². The Morgan fingerprint density at radius 2 is 1.50 bits per heavy atom.